The largest absolute Gasteiger partial charge is 0.480 e. The van der Waals surface area contributed by atoms with Crippen LogP contribution < -0.4 is 5.32 Å². The molecule has 0 aliphatic carbocycles. The van der Waals surface area contributed by atoms with E-state index in [0.717, 1.165) is 12.1 Å². The molecule has 0 saturated carbocycles. The number of nitrogens with zero attached hydrogens (tertiary/aromatic N) is 1. The topological polar surface area (TPSA) is 69.6 Å². The number of carbonyl (C=O) groups excluding carboxylic acids is 1. The van der Waals surface area contributed by atoms with Crippen LogP contribution in [-0.2, 0) is 4.79 Å². The number of amides is 2. The maximum atomic E-state index is 13.1. The molecule has 1 unspecified atom stereocenters. The Labute approximate surface area is 120 Å². The molecule has 2 N–H and O–H groups in total. The number of hydrogen-bond donors (Lipinski definition) is 2. The highest BCUT2D eigenvalue weighted by Crippen LogP contribution is 2.29. The highest BCUT2D eigenvalue weighted by atomic mass is 19.1. The molecule has 1 aliphatic rings. The molecule has 1 heterocycles. The quantitative estimate of drug-likeness (QED) is 0.882. The zero-order valence-electron chi connectivity index (χ0n) is 11.5. The summed E-state index contributed by atoms with van der Waals surface area (Å²) < 4.78 is 26.2. The number of hydrogen-bond acceptors (Lipinski definition) is 2. The molecule has 1 saturated heterocycles. The number of anilines is 1. The van der Waals surface area contributed by atoms with Crippen LogP contribution in [0.25, 0.3) is 0 Å². The molecule has 7 heteroatoms. The van der Waals surface area contributed by atoms with Gasteiger partial charge in [0.05, 0.1) is 0 Å². The summed E-state index contributed by atoms with van der Waals surface area (Å²) in [6.07, 6.45) is 1.74. The third-order valence-electron chi connectivity index (χ3n) is 3.71. The van der Waals surface area contributed by atoms with Crippen LogP contribution in [0.3, 0.4) is 0 Å². The third kappa shape index (κ3) is 3.12. The van der Waals surface area contributed by atoms with E-state index in [4.69, 9.17) is 0 Å². The van der Waals surface area contributed by atoms with Crippen LogP contribution in [0.15, 0.2) is 18.2 Å². The molecule has 5 nitrogen and oxygen atoms in total. The highest BCUT2D eigenvalue weighted by molar-refractivity contribution is 5.94. The molecule has 1 fully saturated rings. The number of carboxylic acids is 1. The smallest absolute Gasteiger partial charge is 0.329 e. The van der Waals surface area contributed by atoms with Crippen LogP contribution in [0.4, 0.5) is 19.3 Å². The van der Waals surface area contributed by atoms with Crippen LogP contribution in [0, 0.1) is 11.6 Å². The molecule has 0 radical (unpaired) electrons. The minimum atomic E-state index is -1.31. The number of urea groups is 1. The van der Waals surface area contributed by atoms with Crippen molar-refractivity contribution in [2.75, 3.05) is 11.9 Å². The molecular formula is C14H16F2N2O3. The Bertz CT molecular complexity index is 559. The summed E-state index contributed by atoms with van der Waals surface area (Å²) in [5.41, 5.74) is -1.36. The lowest BCUT2D eigenvalue weighted by atomic mass is 9.89. The Morgan fingerprint density at radius 1 is 1.24 bits per heavy atom. The van der Waals surface area contributed by atoms with Gasteiger partial charge in [-0.3, -0.25) is 0 Å². The maximum absolute atomic E-state index is 13.1. The van der Waals surface area contributed by atoms with Crippen molar-refractivity contribution in [3.63, 3.8) is 0 Å². The number of piperidine rings is 1. The second-order valence-electron chi connectivity index (χ2n) is 5.28. The molecule has 2 amide bonds. The predicted molar refractivity (Wildman–Crippen MR) is 72.0 cm³/mol. The molecule has 1 atom stereocenters. The number of benzene rings is 1. The summed E-state index contributed by atoms with van der Waals surface area (Å²) in [4.78, 5) is 24.8. The predicted octanol–water partition coefficient (Wildman–Crippen LogP) is 2.83. The Hall–Kier alpha value is -2.18. The number of halogens is 2. The summed E-state index contributed by atoms with van der Waals surface area (Å²) in [5.74, 6) is -2.72. The van der Waals surface area contributed by atoms with E-state index >= 15 is 0 Å². The monoisotopic (exact) mass is 298 g/mol. The first-order chi connectivity index (χ1) is 9.83. The molecule has 1 aromatic rings. The zero-order chi connectivity index (χ0) is 15.6. The van der Waals surface area contributed by atoms with Crippen LogP contribution in [0.1, 0.15) is 26.2 Å². The van der Waals surface area contributed by atoms with Gasteiger partial charge in [0.1, 0.15) is 17.2 Å². The van der Waals surface area contributed by atoms with Gasteiger partial charge in [0, 0.05) is 18.3 Å². The molecule has 1 aromatic carbocycles. The first kappa shape index (κ1) is 15.2. The van der Waals surface area contributed by atoms with Crippen LogP contribution in [0.2, 0.25) is 0 Å². The number of likely N-dealkylation sites (tertiary alicyclic amines) is 1. The molecule has 114 valence electrons. The van der Waals surface area contributed by atoms with E-state index in [1.165, 1.54) is 11.8 Å². The summed E-state index contributed by atoms with van der Waals surface area (Å²) in [6.45, 7) is 1.76. The van der Waals surface area contributed by atoms with Gasteiger partial charge in [-0.25, -0.2) is 18.4 Å². The van der Waals surface area contributed by atoms with E-state index < -0.39 is 29.2 Å². The number of carbonyl (C=O) groups is 2. The van der Waals surface area contributed by atoms with Gasteiger partial charge < -0.3 is 15.3 Å². The highest BCUT2D eigenvalue weighted by Gasteiger charge is 2.44. The molecule has 0 bridgehead atoms. The Morgan fingerprint density at radius 3 is 2.43 bits per heavy atom. The fourth-order valence-electron chi connectivity index (χ4n) is 2.49. The number of carboxylic acid groups (broad SMARTS) is 1. The van der Waals surface area contributed by atoms with E-state index in [0.29, 0.717) is 25.3 Å². The summed E-state index contributed by atoms with van der Waals surface area (Å²) >= 11 is 0. The fraction of sp³-hybridized carbons (Fsp3) is 0.429. The lowest BCUT2D eigenvalue weighted by Gasteiger charge is -2.41. The summed E-state index contributed by atoms with van der Waals surface area (Å²) in [7, 11) is 0. The van der Waals surface area contributed by atoms with Gasteiger partial charge in [-0.15, -0.1) is 0 Å². The van der Waals surface area contributed by atoms with Crippen molar-refractivity contribution in [2.45, 2.75) is 31.7 Å². The minimum absolute atomic E-state index is 0.0455. The number of aliphatic carboxylic acids is 1. The van der Waals surface area contributed by atoms with Crippen molar-refractivity contribution in [3.05, 3.63) is 29.8 Å². The van der Waals surface area contributed by atoms with E-state index in [1.54, 1.807) is 0 Å². The van der Waals surface area contributed by atoms with E-state index in [-0.39, 0.29) is 12.2 Å². The first-order valence-corrected chi connectivity index (χ1v) is 6.61. The lowest BCUT2D eigenvalue weighted by Crippen LogP contribution is -2.58. The number of nitrogens with one attached hydrogen (secondary N) is 1. The second-order valence-corrected chi connectivity index (χ2v) is 5.28. The second kappa shape index (κ2) is 5.67. The Balaban J connectivity index is 2.20. The summed E-state index contributed by atoms with van der Waals surface area (Å²) in [5, 5.41) is 11.7. The molecular weight excluding hydrogens is 282 g/mol. The van der Waals surface area contributed by atoms with Crippen molar-refractivity contribution in [1.82, 2.24) is 4.90 Å². The third-order valence-corrected chi connectivity index (χ3v) is 3.71. The first-order valence-electron chi connectivity index (χ1n) is 6.61. The molecule has 21 heavy (non-hydrogen) atoms. The van der Waals surface area contributed by atoms with Crippen molar-refractivity contribution in [1.29, 1.82) is 0 Å². The van der Waals surface area contributed by atoms with Crippen molar-refractivity contribution in [3.8, 4) is 0 Å². The lowest BCUT2D eigenvalue weighted by molar-refractivity contribution is -0.150. The standard InChI is InChI=1S/C14H16F2N2O3/c1-14(12(19)20)4-2-3-5-18(14)13(21)17-11-7-9(15)6-10(16)8-11/h6-8H,2-5H2,1H3,(H,17,21)(H,19,20). The van der Waals surface area contributed by atoms with Gasteiger partial charge in [0.15, 0.2) is 0 Å². The minimum Gasteiger partial charge on any atom is -0.480 e. The fourth-order valence-corrected chi connectivity index (χ4v) is 2.49. The average Bonchev–Trinajstić information content (AvgIpc) is 2.37. The SMILES string of the molecule is CC1(C(=O)O)CCCCN1C(=O)Nc1cc(F)cc(F)c1. The molecule has 2 rings (SSSR count). The summed E-state index contributed by atoms with van der Waals surface area (Å²) in [6, 6.07) is 1.97. The van der Waals surface area contributed by atoms with Crippen molar-refractivity contribution in [2.24, 2.45) is 0 Å². The normalized spacial score (nSPS) is 22.0. The van der Waals surface area contributed by atoms with Gasteiger partial charge in [0.25, 0.3) is 0 Å². The molecule has 0 spiro atoms. The molecule has 0 aromatic heterocycles. The van der Waals surface area contributed by atoms with E-state index in [9.17, 15) is 23.5 Å². The van der Waals surface area contributed by atoms with Gasteiger partial charge in [-0.05, 0) is 38.3 Å². The maximum Gasteiger partial charge on any atom is 0.329 e. The van der Waals surface area contributed by atoms with Crippen LogP contribution in [-0.4, -0.2) is 34.1 Å². The van der Waals surface area contributed by atoms with Gasteiger partial charge in [-0.1, -0.05) is 0 Å². The number of rotatable bonds is 2. The molecule has 1 aliphatic heterocycles. The van der Waals surface area contributed by atoms with Gasteiger partial charge in [0.2, 0.25) is 0 Å². The zero-order valence-corrected chi connectivity index (χ0v) is 11.5. The van der Waals surface area contributed by atoms with Crippen LogP contribution in [0.5, 0.6) is 0 Å². The van der Waals surface area contributed by atoms with E-state index in [1.807, 2.05) is 0 Å². The Kier molecular flexibility index (Phi) is 4.11. The van der Waals surface area contributed by atoms with Gasteiger partial charge >= 0.3 is 12.0 Å². The van der Waals surface area contributed by atoms with Gasteiger partial charge in [-0.2, -0.15) is 0 Å². The van der Waals surface area contributed by atoms with Crippen molar-refractivity contribution < 1.29 is 23.5 Å². The Morgan fingerprint density at radius 2 is 1.86 bits per heavy atom. The van der Waals surface area contributed by atoms with E-state index in [2.05, 4.69) is 5.32 Å². The van der Waals surface area contributed by atoms with Crippen LogP contribution >= 0.6 is 0 Å². The van der Waals surface area contributed by atoms with Crippen molar-refractivity contribution >= 4 is 17.7 Å². The average molecular weight is 298 g/mol.